The highest BCUT2D eigenvalue weighted by atomic mass is 32.1. The van der Waals surface area contributed by atoms with Crippen LogP contribution in [0.25, 0.3) is 5.69 Å². The number of hydrogen-bond donors (Lipinski definition) is 1. The third-order valence-electron chi connectivity index (χ3n) is 2.54. The Morgan fingerprint density at radius 1 is 1.32 bits per heavy atom. The second-order valence-electron chi connectivity index (χ2n) is 3.83. The Bertz CT molecular complexity index is 677. The maximum absolute atomic E-state index is 11.9. The smallest absolute Gasteiger partial charge is 0.275 e. The number of anilines is 1. The largest absolute Gasteiger partial charge is 0.321 e. The molecule has 0 unspecified atom stereocenters. The van der Waals surface area contributed by atoms with Crippen molar-refractivity contribution in [2.45, 2.75) is 0 Å². The quantitative estimate of drug-likeness (QED) is 0.795. The first kappa shape index (κ1) is 11.6. The van der Waals surface area contributed by atoms with Gasteiger partial charge in [-0.3, -0.25) is 4.79 Å². The molecule has 5 nitrogen and oxygen atoms in total. The van der Waals surface area contributed by atoms with E-state index in [1.807, 2.05) is 36.5 Å². The summed E-state index contributed by atoms with van der Waals surface area (Å²) in [6.45, 7) is 0. The van der Waals surface area contributed by atoms with Crippen molar-refractivity contribution in [1.82, 2.24) is 14.8 Å². The zero-order valence-electron chi connectivity index (χ0n) is 9.85. The van der Waals surface area contributed by atoms with Gasteiger partial charge in [-0.05, 0) is 24.3 Å². The molecule has 3 aromatic rings. The normalized spacial score (nSPS) is 10.3. The van der Waals surface area contributed by atoms with Crippen LogP contribution in [0, 0.1) is 0 Å². The lowest BCUT2D eigenvalue weighted by molar-refractivity contribution is 0.102. The van der Waals surface area contributed by atoms with Crippen LogP contribution in [0.3, 0.4) is 0 Å². The van der Waals surface area contributed by atoms with Gasteiger partial charge in [0.05, 0.1) is 11.2 Å². The van der Waals surface area contributed by atoms with Crippen molar-refractivity contribution >= 4 is 22.9 Å². The monoisotopic (exact) mass is 270 g/mol. The van der Waals surface area contributed by atoms with E-state index in [9.17, 15) is 4.79 Å². The van der Waals surface area contributed by atoms with Crippen molar-refractivity contribution < 1.29 is 4.79 Å². The summed E-state index contributed by atoms with van der Waals surface area (Å²) in [6.07, 6.45) is 3.56. The van der Waals surface area contributed by atoms with Crippen molar-refractivity contribution in [3.8, 4) is 5.69 Å². The molecule has 0 aliphatic heterocycles. The molecule has 1 N–H and O–H groups in total. The van der Waals surface area contributed by atoms with Crippen LogP contribution in [0.4, 0.5) is 5.69 Å². The third-order valence-corrected chi connectivity index (χ3v) is 3.12. The number of carbonyl (C=O) groups excluding carboxylic acids is 1. The van der Waals surface area contributed by atoms with Gasteiger partial charge in [0.15, 0.2) is 0 Å². The Hall–Kier alpha value is -2.47. The van der Waals surface area contributed by atoms with Crippen LogP contribution in [0.15, 0.2) is 53.6 Å². The van der Waals surface area contributed by atoms with E-state index < -0.39 is 0 Å². The summed E-state index contributed by atoms with van der Waals surface area (Å²) in [5.41, 5.74) is 3.66. The van der Waals surface area contributed by atoms with Gasteiger partial charge < -0.3 is 5.32 Å². The van der Waals surface area contributed by atoms with Crippen molar-refractivity contribution in [2.24, 2.45) is 0 Å². The third kappa shape index (κ3) is 2.53. The molecule has 3 rings (SSSR count). The summed E-state index contributed by atoms with van der Waals surface area (Å²) >= 11 is 1.39. The lowest BCUT2D eigenvalue weighted by Gasteiger charge is -2.06. The van der Waals surface area contributed by atoms with Gasteiger partial charge in [0.25, 0.3) is 5.91 Å². The molecule has 0 spiro atoms. The molecule has 0 radical (unpaired) electrons. The first-order valence-corrected chi connectivity index (χ1v) is 6.57. The van der Waals surface area contributed by atoms with Gasteiger partial charge in [-0.15, -0.1) is 11.3 Å². The zero-order valence-corrected chi connectivity index (χ0v) is 10.7. The molecule has 1 aromatic carbocycles. The van der Waals surface area contributed by atoms with Gasteiger partial charge in [-0.25, -0.2) is 9.67 Å². The minimum Gasteiger partial charge on any atom is -0.321 e. The van der Waals surface area contributed by atoms with Crippen molar-refractivity contribution in [3.63, 3.8) is 0 Å². The second-order valence-corrected chi connectivity index (χ2v) is 4.55. The summed E-state index contributed by atoms with van der Waals surface area (Å²) in [7, 11) is 0. The number of thiazole rings is 1. The van der Waals surface area contributed by atoms with E-state index in [1.165, 1.54) is 11.3 Å². The predicted octanol–water partition coefficient (Wildman–Crippen LogP) is 2.58. The van der Waals surface area contributed by atoms with Crippen LogP contribution in [0.2, 0.25) is 0 Å². The maximum atomic E-state index is 11.9. The Morgan fingerprint density at radius 3 is 3.00 bits per heavy atom. The fourth-order valence-electron chi connectivity index (χ4n) is 1.67. The molecule has 1 amide bonds. The summed E-state index contributed by atoms with van der Waals surface area (Å²) in [6, 6.07) is 9.33. The van der Waals surface area contributed by atoms with Gasteiger partial charge >= 0.3 is 0 Å². The highest BCUT2D eigenvalue weighted by Crippen LogP contribution is 2.15. The average Bonchev–Trinajstić information content (AvgIpc) is 3.13. The standard InChI is InChI=1S/C13H10N4OS/c18-13(12-8-19-9-14-12)16-10-3-1-4-11(7-10)17-6-2-5-15-17/h1-9H,(H,16,18). The highest BCUT2D eigenvalue weighted by molar-refractivity contribution is 7.07. The minimum atomic E-state index is -0.209. The van der Waals surface area contributed by atoms with E-state index in [0.717, 1.165) is 5.69 Å². The second kappa shape index (κ2) is 5.03. The van der Waals surface area contributed by atoms with Gasteiger partial charge in [-0.1, -0.05) is 6.07 Å². The molecule has 0 fully saturated rings. The molecule has 94 valence electrons. The molecule has 0 atom stereocenters. The number of aromatic nitrogens is 3. The number of nitrogens with zero attached hydrogens (tertiary/aromatic N) is 3. The van der Waals surface area contributed by atoms with Crippen molar-refractivity contribution in [3.05, 3.63) is 59.3 Å². The fourth-order valence-corrected chi connectivity index (χ4v) is 2.20. The molecular weight excluding hydrogens is 260 g/mol. The van der Waals surface area contributed by atoms with E-state index in [1.54, 1.807) is 21.8 Å². The van der Waals surface area contributed by atoms with Crippen LogP contribution in [0.5, 0.6) is 0 Å². The van der Waals surface area contributed by atoms with Crippen molar-refractivity contribution in [1.29, 1.82) is 0 Å². The fraction of sp³-hybridized carbons (Fsp3) is 0. The Labute approximate surface area is 113 Å². The Morgan fingerprint density at radius 2 is 2.26 bits per heavy atom. The molecule has 2 aromatic heterocycles. The molecule has 0 bridgehead atoms. The SMILES string of the molecule is O=C(Nc1cccc(-n2cccn2)c1)c1cscn1. The van der Waals surface area contributed by atoms with Crippen LogP contribution in [-0.2, 0) is 0 Å². The Kier molecular flexibility index (Phi) is 3.07. The topological polar surface area (TPSA) is 59.8 Å². The van der Waals surface area contributed by atoms with E-state index in [4.69, 9.17) is 0 Å². The van der Waals surface area contributed by atoms with Crippen molar-refractivity contribution in [2.75, 3.05) is 5.32 Å². The number of benzene rings is 1. The van der Waals surface area contributed by atoms with E-state index in [0.29, 0.717) is 11.4 Å². The molecule has 6 heteroatoms. The number of amides is 1. The van der Waals surface area contributed by atoms with Crippen LogP contribution in [0.1, 0.15) is 10.5 Å². The molecular formula is C13H10N4OS. The molecule has 0 aliphatic carbocycles. The minimum absolute atomic E-state index is 0.209. The zero-order chi connectivity index (χ0) is 13.1. The molecule has 0 saturated carbocycles. The number of hydrogen-bond acceptors (Lipinski definition) is 4. The van der Waals surface area contributed by atoms with Gasteiger partial charge in [-0.2, -0.15) is 5.10 Å². The molecule has 0 saturated heterocycles. The lowest BCUT2D eigenvalue weighted by atomic mass is 10.2. The number of carbonyl (C=O) groups is 1. The number of rotatable bonds is 3. The Balaban J connectivity index is 1.82. The van der Waals surface area contributed by atoms with E-state index in [-0.39, 0.29) is 5.91 Å². The molecule has 0 aliphatic rings. The first-order valence-electron chi connectivity index (χ1n) is 5.62. The highest BCUT2D eigenvalue weighted by Gasteiger charge is 2.08. The van der Waals surface area contributed by atoms with Crippen LogP contribution >= 0.6 is 11.3 Å². The average molecular weight is 270 g/mol. The lowest BCUT2D eigenvalue weighted by Crippen LogP contribution is -2.12. The van der Waals surface area contributed by atoms with Gasteiger partial charge in [0, 0.05) is 23.5 Å². The predicted molar refractivity (Wildman–Crippen MR) is 73.6 cm³/mol. The summed E-state index contributed by atoms with van der Waals surface area (Å²) in [5.74, 6) is -0.209. The summed E-state index contributed by atoms with van der Waals surface area (Å²) in [4.78, 5) is 15.9. The van der Waals surface area contributed by atoms with E-state index >= 15 is 0 Å². The van der Waals surface area contributed by atoms with Gasteiger partial charge in [0.1, 0.15) is 5.69 Å². The van der Waals surface area contributed by atoms with E-state index in [2.05, 4.69) is 15.4 Å². The molecule has 2 heterocycles. The molecule has 19 heavy (non-hydrogen) atoms. The van der Waals surface area contributed by atoms with Gasteiger partial charge in [0.2, 0.25) is 0 Å². The number of nitrogens with one attached hydrogen (secondary N) is 1. The summed E-state index contributed by atoms with van der Waals surface area (Å²) < 4.78 is 1.73. The summed E-state index contributed by atoms with van der Waals surface area (Å²) in [5, 5.41) is 8.68. The maximum Gasteiger partial charge on any atom is 0.275 e. The first-order chi connectivity index (χ1) is 9.33. The van der Waals surface area contributed by atoms with Crippen LogP contribution < -0.4 is 5.32 Å². The van der Waals surface area contributed by atoms with Crippen LogP contribution in [-0.4, -0.2) is 20.7 Å².